The summed E-state index contributed by atoms with van der Waals surface area (Å²) in [6.45, 7) is 4.70. The molecule has 3 heteroatoms. The van der Waals surface area contributed by atoms with E-state index in [-0.39, 0.29) is 5.41 Å². The molecular weight excluding hydrogens is 571 g/mol. The van der Waals surface area contributed by atoms with Crippen LogP contribution < -0.4 is 4.90 Å². The van der Waals surface area contributed by atoms with Crippen LogP contribution in [0.2, 0.25) is 0 Å². The van der Waals surface area contributed by atoms with Gasteiger partial charge in [-0.25, -0.2) is 0 Å². The fraction of sp³-hybridized carbons (Fsp3) is 0.0682. The van der Waals surface area contributed by atoms with Crippen molar-refractivity contribution < 1.29 is 0 Å². The number of pyridine rings is 1. The molecule has 1 aliphatic rings. The van der Waals surface area contributed by atoms with Gasteiger partial charge in [-0.2, -0.15) is 0 Å². The Morgan fingerprint density at radius 3 is 2.17 bits per heavy atom. The lowest BCUT2D eigenvalue weighted by Gasteiger charge is -2.28. The second-order valence-corrected chi connectivity index (χ2v) is 12.9. The first-order valence-corrected chi connectivity index (χ1v) is 16.2. The smallest absolute Gasteiger partial charge is 0.0562 e. The standard InChI is InChI=1S/C44H33N3/c1-44(2)38-20-8-6-18-35(38)36-25-24-34(28-39(36)44)46(32-15-4-3-5-16-32)41-22-11-23-42-43(41)37-19-7-9-21-40(37)47(42)33-17-10-13-30(27-33)31-14-12-26-45-29-31/h3-29H,1-2H3. The van der Waals surface area contributed by atoms with Gasteiger partial charge in [-0.15, -0.1) is 0 Å². The van der Waals surface area contributed by atoms with Crippen molar-refractivity contribution in [2.75, 3.05) is 4.90 Å². The minimum atomic E-state index is -0.0916. The lowest BCUT2D eigenvalue weighted by Crippen LogP contribution is -2.16. The highest BCUT2D eigenvalue weighted by Gasteiger charge is 2.36. The van der Waals surface area contributed by atoms with E-state index in [2.05, 4.69) is 174 Å². The molecule has 3 nitrogen and oxygen atoms in total. The molecule has 0 atom stereocenters. The monoisotopic (exact) mass is 603 g/mol. The van der Waals surface area contributed by atoms with Crippen LogP contribution in [0.5, 0.6) is 0 Å². The maximum Gasteiger partial charge on any atom is 0.0562 e. The minimum Gasteiger partial charge on any atom is -0.310 e. The summed E-state index contributed by atoms with van der Waals surface area (Å²) < 4.78 is 2.40. The van der Waals surface area contributed by atoms with Crippen LogP contribution >= 0.6 is 0 Å². The molecule has 8 aromatic rings. The largest absolute Gasteiger partial charge is 0.310 e. The molecule has 0 fully saturated rings. The van der Waals surface area contributed by atoms with Gasteiger partial charge in [0.15, 0.2) is 0 Å². The van der Waals surface area contributed by atoms with Crippen LogP contribution in [0.15, 0.2) is 164 Å². The molecule has 9 rings (SSSR count). The quantitative estimate of drug-likeness (QED) is 0.195. The first-order valence-electron chi connectivity index (χ1n) is 16.2. The van der Waals surface area contributed by atoms with E-state index in [1.807, 2.05) is 18.5 Å². The molecule has 0 saturated heterocycles. The maximum atomic E-state index is 4.37. The average molecular weight is 604 g/mol. The molecule has 0 amide bonds. The lowest BCUT2D eigenvalue weighted by atomic mass is 9.82. The van der Waals surface area contributed by atoms with Gasteiger partial charge in [0.1, 0.15) is 0 Å². The maximum absolute atomic E-state index is 4.37. The zero-order chi connectivity index (χ0) is 31.5. The highest BCUT2D eigenvalue weighted by molar-refractivity contribution is 6.16. The number of hydrogen-bond donors (Lipinski definition) is 0. The van der Waals surface area contributed by atoms with Crippen LogP contribution in [0.3, 0.4) is 0 Å². The van der Waals surface area contributed by atoms with Gasteiger partial charge < -0.3 is 9.47 Å². The third-order valence-corrected chi connectivity index (χ3v) is 9.86. The molecule has 0 unspecified atom stereocenters. The Bertz CT molecular complexity index is 2440. The van der Waals surface area contributed by atoms with Gasteiger partial charge in [-0.05, 0) is 88.5 Å². The third-order valence-electron chi connectivity index (χ3n) is 9.86. The highest BCUT2D eigenvalue weighted by atomic mass is 15.1. The summed E-state index contributed by atoms with van der Waals surface area (Å²) in [7, 11) is 0. The Morgan fingerprint density at radius 2 is 1.30 bits per heavy atom. The average Bonchev–Trinajstić information content (AvgIpc) is 3.59. The molecule has 2 aromatic heterocycles. The van der Waals surface area contributed by atoms with Gasteiger partial charge in [-0.3, -0.25) is 4.98 Å². The van der Waals surface area contributed by atoms with Crippen molar-refractivity contribution in [2.24, 2.45) is 0 Å². The molecule has 6 aromatic carbocycles. The summed E-state index contributed by atoms with van der Waals surface area (Å²) in [6.07, 6.45) is 3.75. The summed E-state index contributed by atoms with van der Waals surface area (Å²) >= 11 is 0. The fourth-order valence-corrected chi connectivity index (χ4v) is 7.66. The molecule has 0 spiro atoms. The number of hydrogen-bond acceptors (Lipinski definition) is 2. The van der Waals surface area contributed by atoms with Crippen molar-refractivity contribution in [3.05, 3.63) is 175 Å². The van der Waals surface area contributed by atoms with Crippen LogP contribution in [-0.4, -0.2) is 9.55 Å². The van der Waals surface area contributed by atoms with Crippen molar-refractivity contribution in [1.82, 2.24) is 9.55 Å². The number of aromatic nitrogens is 2. The summed E-state index contributed by atoms with van der Waals surface area (Å²) in [6, 6.07) is 55.0. The predicted molar refractivity (Wildman–Crippen MR) is 196 cm³/mol. The van der Waals surface area contributed by atoms with Crippen LogP contribution in [-0.2, 0) is 5.41 Å². The predicted octanol–water partition coefficient (Wildman–Crippen LogP) is 11.6. The van der Waals surface area contributed by atoms with Crippen LogP contribution in [0.4, 0.5) is 17.1 Å². The zero-order valence-electron chi connectivity index (χ0n) is 26.4. The molecular formula is C44H33N3. The Labute approximate surface area is 275 Å². The summed E-state index contributed by atoms with van der Waals surface area (Å²) in [5.41, 5.74) is 14.5. The van der Waals surface area contributed by atoms with Gasteiger partial charge >= 0.3 is 0 Å². The summed E-state index contributed by atoms with van der Waals surface area (Å²) in [5, 5.41) is 2.45. The number of para-hydroxylation sites is 2. The number of nitrogens with zero attached hydrogens (tertiary/aromatic N) is 3. The normalized spacial score (nSPS) is 13.1. The lowest BCUT2D eigenvalue weighted by molar-refractivity contribution is 0.660. The van der Waals surface area contributed by atoms with E-state index in [0.717, 1.165) is 33.9 Å². The van der Waals surface area contributed by atoms with Gasteiger partial charge in [-0.1, -0.05) is 105 Å². The first kappa shape index (κ1) is 27.4. The number of fused-ring (bicyclic) bond motifs is 6. The van der Waals surface area contributed by atoms with E-state index in [9.17, 15) is 0 Å². The second-order valence-electron chi connectivity index (χ2n) is 12.9. The molecule has 0 radical (unpaired) electrons. The Morgan fingerprint density at radius 1 is 0.553 bits per heavy atom. The van der Waals surface area contributed by atoms with E-state index in [1.54, 1.807) is 0 Å². The molecule has 47 heavy (non-hydrogen) atoms. The van der Waals surface area contributed by atoms with Crippen molar-refractivity contribution in [1.29, 1.82) is 0 Å². The zero-order valence-corrected chi connectivity index (χ0v) is 26.4. The fourth-order valence-electron chi connectivity index (χ4n) is 7.66. The van der Waals surface area contributed by atoms with Gasteiger partial charge in [0.05, 0.1) is 16.7 Å². The van der Waals surface area contributed by atoms with Gasteiger partial charge in [0, 0.05) is 51.2 Å². The van der Waals surface area contributed by atoms with Crippen LogP contribution in [0.1, 0.15) is 25.0 Å². The SMILES string of the molecule is CC1(C)c2ccccc2-c2ccc(N(c3ccccc3)c3cccc4c3c3ccccc3n4-c3cccc(-c4cccnc4)c3)cc21. The van der Waals surface area contributed by atoms with E-state index in [4.69, 9.17) is 0 Å². The molecule has 0 saturated carbocycles. The van der Waals surface area contributed by atoms with Crippen molar-refractivity contribution in [2.45, 2.75) is 19.3 Å². The summed E-state index contributed by atoms with van der Waals surface area (Å²) in [5.74, 6) is 0. The Hall–Kier alpha value is -5.93. The van der Waals surface area contributed by atoms with Gasteiger partial charge in [0.25, 0.3) is 0 Å². The van der Waals surface area contributed by atoms with Crippen molar-refractivity contribution >= 4 is 38.9 Å². The molecule has 224 valence electrons. The molecule has 0 N–H and O–H groups in total. The van der Waals surface area contributed by atoms with Crippen molar-refractivity contribution in [3.63, 3.8) is 0 Å². The Kier molecular flexibility index (Phi) is 6.16. The van der Waals surface area contributed by atoms with E-state index >= 15 is 0 Å². The number of rotatable bonds is 5. The topological polar surface area (TPSA) is 21.1 Å². The Balaban J connectivity index is 1.29. The third kappa shape index (κ3) is 4.24. The number of anilines is 3. The first-order chi connectivity index (χ1) is 23.1. The van der Waals surface area contributed by atoms with E-state index in [1.165, 1.54) is 44.1 Å². The van der Waals surface area contributed by atoms with Crippen LogP contribution in [0, 0.1) is 0 Å². The molecule has 0 bridgehead atoms. The molecule has 0 aliphatic heterocycles. The number of benzene rings is 6. The minimum absolute atomic E-state index is 0.0916. The molecule has 1 aliphatic carbocycles. The second kappa shape index (κ2) is 10.6. The van der Waals surface area contributed by atoms with Gasteiger partial charge in [0.2, 0.25) is 0 Å². The van der Waals surface area contributed by atoms with Crippen LogP contribution in [0.25, 0.3) is 49.7 Å². The van der Waals surface area contributed by atoms with E-state index in [0.29, 0.717) is 0 Å². The van der Waals surface area contributed by atoms with Crippen molar-refractivity contribution in [3.8, 4) is 27.9 Å². The molecule has 2 heterocycles. The summed E-state index contributed by atoms with van der Waals surface area (Å²) in [4.78, 5) is 6.81. The van der Waals surface area contributed by atoms with E-state index < -0.39 is 0 Å². The highest BCUT2D eigenvalue weighted by Crippen LogP contribution is 2.51.